The van der Waals surface area contributed by atoms with Gasteiger partial charge in [-0.15, -0.1) is 0 Å². The Hall–Kier alpha value is -2.68. The third kappa shape index (κ3) is 4.82. The summed E-state index contributed by atoms with van der Waals surface area (Å²) in [6.07, 6.45) is 7.54. The van der Waals surface area contributed by atoms with E-state index in [9.17, 15) is 9.90 Å². The zero-order valence-electron chi connectivity index (χ0n) is 21.7. The van der Waals surface area contributed by atoms with E-state index >= 15 is 0 Å². The van der Waals surface area contributed by atoms with Crippen LogP contribution in [-0.4, -0.2) is 63.9 Å². The number of hydrogen-bond donors (Lipinski definition) is 1. The number of amides is 1. The van der Waals surface area contributed by atoms with Crippen molar-refractivity contribution in [2.45, 2.75) is 44.6 Å². The number of pyridine rings is 1. The quantitative estimate of drug-likeness (QED) is 0.520. The molecule has 2 fully saturated rings. The summed E-state index contributed by atoms with van der Waals surface area (Å²) in [5.41, 5.74) is 1.79. The second-order valence-electron chi connectivity index (χ2n) is 10.3. The van der Waals surface area contributed by atoms with Crippen LogP contribution in [0.4, 0.5) is 0 Å². The van der Waals surface area contributed by atoms with Crippen molar-refractivity contribution in [3.63, 3.8) is 0 Å². The van der Waals surface area contributed by atoms with Crippen molar-refractivity contribution < 1.29 is 19.4 Å². The lowest BCUT2D eigenvalue weighted by Crippen LogP contribution is -2.46. The maximum absolute atomic E-state index is 12.5. The molecule has 1 aromatic carbocycles. The fraction of sp³-hybridized carbons (Fsp3) is 0.536. The summed E-state index contributed by atoms with van der Waals surface area (Å²) in [4.78, 5) is 22.9. The normalized spacial score (nSPS) is 19.2. The number of carbonyl (C=O) groups is 1. The smallest absolute Gasteiger partial charge is 0.219 e. The van der Waals surface area contributed by atoms with Crippen LogP contribution in [0, 0.1) is 11.8 Å². The number of piperidine rings is 1. The van der Waals surface area contributed by atoms with E-state index < -0.39 is 5.60 Å². The number of imidazole rings is 1. The number of likely N-dealkylation sites (tertiary alicyclic amines) is 1. The zero-order valence-corrected chi connectivity index (χ0v) is 22.5. The van der Waals surface area contributed by atoms with E-state index in [1.54, 1.807) is 26.6 Å². The molecule has 0 radical (unpaired) electrons. The molecule has 5 rings (SSSR count). The third-order valence-corrected chi connectivity index (χ3v) is 8.62. The summed E-state index contributed by atoms with van der Waals surface area (Å²) < 4.78 is 13.1. The Bertz CT molecular complexity index is 1280. The molecule has 0 saturated carbocycles. The number of halogens is 1. The average molecular weight is 527 g/mol. The van der Waals surface area contributed by atoms with Crippen molar-refractivity contribution in [1.82, 2.24) is 19.4 Å². The van der Waals surface area contributed by atoms with E-state index in [0.717, 1.165) is 54.5 Å². The number of aryl methyl sites for hydroxylation is 1. The first kappa shape index (κ1) is 25.9. The molecule has 1 N–H and O–H groups in total. The van der Waals surface area contributed by atoms with Crippen molar-refractivity contribution >= 4 is 28.4 Å². The van der Waals surface area contributed by atoms with Crippen molar-refractivity contribution in [2.75, 3.05) is 33.4 Å². The topological polar surface area (TPSA) is 89.7 Å². The summed E-state index contributed by atoms with van der Waals surface area (Å²) in [5.74, 6) is 0.982. The number of hydrogen-bond acceptors (Lipinski definition) is 6. The van der Waals surface area contributed by atoms with Crippen LogP contribution in [0.25, 0.3) is 10.9 Å². The van der Waals surface area contributed by atoms with Gasteiger partial charge < -0.3 is 24.0 Å². The Morgan fingerprint density at radius 2 is 1.97 bits per heavy atom. The molecule has 37 heavy (non-hydrogen) atoms. The maximum Gasteiger partial charge on any atom is 0.219 e. The first-order valence-corrected chi connectivity index (χ1v) is 13.4. The first-order valence-electron chi connectivity index (χ1n) is 13.0. The van der Waals surface area contributed by atoms with Gasteiger partial charge in [0, 0.05) is 57.1 Å². The number of ether oxygens (including phenoxy) is 2. The van der Waals surface area contributed by atoms with Gasteiger partial charge in [-0.2, -0.15) is 0 Å². The van der Waals surface area contributed by atoms with Crippen LogP contribution >= 0.6 is 11.6 Å². The highest BCUT2D eigenvalue weighted by Gasteiger charge is 2.44. The molecule has 1 amide bonds. The molecule has 4 heterocycles. The van der Waals surface area contributed by atoms with Crippen LogP contribution in [0.15, 0.2) is 30.7 Å². The van der Waals surface area contributed by atoms with Crippen LogP contribution in [0.2, 0.25) is 5.02 Å². The van der Waals surface area contributed by atoms with Crippen molar-refractivity contribution in [2.24, 2.45) is 18.9 Å². The highest BCUT2D eigenvalue weighted by atomic mass is 35.5. The summed E-state index contributed by atoms with van der Waals surface area (Å²) >= 11 is 7.07. The standard InChI is InChI=1S/C28H35ClN4O4/c1-18(34)33-10-6-20(7-11-33)28(35,25-16-30-17-32(25)2)21-4-5-24-22(15-21)26(29)23(27(31-24)36-3)14-19-8-12-37-13-9-19/h4-5,15-17,19-20,35H,6-14H2,1-3H3/t28-/m1/s1. The molecule has 1 atom stereocenters. The fourth-order valence-electron chi connectivity index (χ4n) is 5.99. The lowest BCUT2D eigenvalue weighted by Gasteiger charge is -2.42. The summed E-state index contributed by atoms with van der Waals surface area (Å²) in [7, 11) is 3.52. The van der Waals surface area contributed by atoms with E-state index in [4.69, 9.17) is 26.1 Å². The highest BCUT2D eigenvalue weighted by molar-refractivity contribution is 6.36. The number of carbonyl (C=O) groups excluding carboxylic acids is 1. The minimum Gasteiger partial charge on any atom is -0.481 e. The second-order valence-corrected chi connectivity index (χ2v) is 10.7. The number of benzene rings is 1. The molecular weight excluding hydrogens is 492 g/mol. The van der Waals surface area contributed by atoms with E-state index in [1.807, 2.05) is 34.7 Å². The number of rotatable bonds is 6. The zero-order chi connectivity index (χ0) is 26.2. The maximum atomic E-state index is 12.5. The Morgan fingerprint density at radius 1 is 1.24 bits per heavy atom. The monoisotopic (exact) mass is 526 g/mol. The minimum atomic E-state index is -1.30. The molecule has 0 spiro atoms. The van der Waals surface area contributed by atoms with Gasteiger partial charge in [-0.05, 0) is 55.7 Å². The van der Waals surface area contributed by atoms with Crippen molar-refractivity contribution in [3.05, 3.63) is 52.6 Å². The Morgan fingerprint density at radius 3 is 2.59 bits per heavy atom. The predicted molar refractivity (Wildman–Crippen MR) is 142 cm³/mol. The molecule has 2 aliphatic heterocycles. The minimum absolute atomic E-state index is 0.0667. The van der Waals surface area contributed by atoms with Crippen LogP contribution in [0.5, 0.6) is 5.88 Å². The van der Waals surface area contributed by atoms with Gasteiger partial charge in [0.2, 0.25) is 11.8 Å². The summed E-state index contributed by atoms with van der Waals surface area (Å²) in [5, 5.41) is 13.9. The third-order valence-electron chi connectivity index (χ3n) is 8.18. The SMILES string of the molecule is COc1nc2ccc([C@@](O)(c3cncn3C)C3CCN(C(C)=O)CC3)cc2c(Cl)c1CC1CCOCC1. The largest absolute Gasteiger partial charge is 0.481 e. The molecular formula is C28H35ClN4O4. The molecule has 9 heteroatoms. The van der Waals surface area contributed by atoms with Gasteiger partial charge in [0.15, 0.2) is 0 Å². The van der Waals surface area contributed by atoms with Crippen molar-refractivity contribution in [1.29, 1.82) is 0 Å². The van der Waals surface area contributed by atoms with Gasteiger partial charge in [0.25, 0.3) is 0 Å². The molecule has 0 bridgehead atoms. The fourth-order valence-corrected chi connectivity index (χ4v) is 6.30. The van der Waals surface area contributed by atoms with E-state index in [-0.39, 0.29) is 11.8 Å². The number of aliphatic hydroxyl groups is 1. The van der Waals surface area contributed by atoms with Crippen LogP contribution in [0.3, 0.4) is 0 Å². The Labute approximate surface area is 222 Å². The van der Waals surface area contributed by atoms with Gasteiger partial charge in [0.05, 0.1) is 35.9 Å². The molecule has 0 aliphatic carbocycles. The number of fused-ring (bicyclic) bond motifs is 1. The lowest BCUT2D eigenvalue weighted by molar-refractivity contribution is -0.131. The highest BCUT2D eigenvalue weighted by Crippen LogP contribution is 2.44. The number of methoxy groups -OCH3 is 1. The molecule has 2 aromatic heterocycles. The molecule has 2 aliphatic rings. The predicted octanol–water partition coefficient (Wildman–Crippen LogP) is 4.09. The van der Waals surface area contributed by atoms with Gasteiger partial charge >= 0.3 is 0 Å². The van der Waals surface area contributed by atoms with Gasteiger partial charge in [-0.3, -0.25) is 4.79 Å². The Balaban J connectivity index is 1.59. The molecule has 3 aromatic rings. The van der Waals surface area contributed by atoms with Crippen molar-refractivity contribution in [3.8, 4) is 5.88 Å². The van der Waals surface area contributed by atoms with Gasteiger partial charge in [-0.25, -0.2) is 9.97 Å². The summed E-state index contributed by atoms with van der Waals surface area (Å²) in [6, 6.07) is 5.80. The molecule has 2 saturated heterocycles. The Kier molecular flexibility index (Phi) is 7.43. The first-order chi connectivity index (χ1) is 17.8. The van der Waals surface area contributed by atoms with E-state index in [0.29, 0.717) is 48.4 Å². The molecule has 8 nitrogen and oxygen atoms in total. The van der Waals surface area contributed by atoms with Gasteiger partial charge in [-0.1, -0.05) is 17.7 Å². The van der Waals surface area contributed by atoms with E-state index in [2.05, 4.69) is 4.98 Å². The van der Waals surface area contributed by atoms with Crippen LogP contribution in [-0.2, 0) is 28.6 Å². The van der Waals surface area contributed by atoms with Crippen LogP contribution in [0.1, 0.15) is 49.4 Å². The lowest BCUT2D eigenvalue weighted by atomic mass is 9.73. The average Bonchev–Trinajstić information content (AvgIpc) is 3.36. The summed E-state index contributed by atoms with van der Waals surface area (Å²) in [6.45, 7) is 4.34. The number of nitrogens with zero attached hydrogens (tertiary/aromatic N) is 4. The van der Waals surface area contributed by atoms with E-state index in [1.165, 1.54) is 0 Å². The second kappa shape index (κ2) is 10.6. The van der Waals surface area contributed by atoms with Crippen LogP contribution < -0.4 is 4.74 Å². The molecule has 198 valence electrons. The van der Waals surface area contributed by atoms with Gasteiger partial charge in [0.1, 0.15) is 5.60 Å². The number of aromatic nitrogens is 3. The molecule has 0 unspecified atom stereocenters.